The SMILES string of the molecule is C=CC/C(C)=C(\C)CC.CCCC. The molecule has 0 aliphatic carbocycles. The van der Waals surface area contributed by atoms with E-state index in [0.29, 0.717) is 0 Å². The van der Waals surface area contributed by atoms with Crippen molar-refractivity contribution in [2.45, 2.75) is 60.3 Å². The van der Waals surface area contributed by atoms with Crippen LogP contribution >= 0.6 is 0 Å². The largest absolute Gasteiger partial charge is 0.103 e. The van der Waals surface area contributed by atoms with E-state index in [1.54, 1.807) is 0 Å². The first kappa shape index (κ1) is 15.0. The van der Waals surface area contributed by atoms with E-state index in [2.05, 4.69) is 41.2 Å². The number of allylic oxidation sites excluding steroid dienone is 3. The van der Waals surface area contributed by atoms with Crippen molar-refractivity contribution in [1.82, 2.24) is 0 Å². The Hall–Kier alpha value is -0.520. The Morgan fingerprint density at radius 3 is 1.69 bits per heavy atom. The molecule has 0 rings (SSSR count). The predicted molar refractivity (Wildman–Crippen MR) is 64.1 cm³/mol. The number of rotatable bonds is 4. The van der Waals surface area contributed by atoms with Gasteiger partial charge in [-0.1, -0.05) is 50.8 Å². The quantitative estimate of drug-likeness (QED) is 0.530. The molecule has 0 nitrogen and oxygen atoms in total. The van der Waals surface area contributed by atoms with E-state index in [0.717, 1.165) is 6.42 Å². The molecule has 13 heavy (non-hydrogen) atoms. The van der Waals surface area contributed by atoms with Gasteiger partial charge in [0.1, 0.15) is 0 Å². The fourth-order valence-electron chi connectivity index (χ4n) is 0.693. The first-order valence-electron chi connectivity index (χ1n) is 5.39. The number of hydrogen-bond donors (Lipinski definition) is 0. The standard InChI is InChI=1S/C9H16.C4H10/c1-5-7-9(4)8(3)6-2;1-3-4-2/h5H,1,6-7H2,2-4H3;3-4H2,1-2H3/b9-8+;. The van der Waals surface area contributed by atoms with Crippen LogP contribution in [0.25, 0.3) is 0 Å². The Balaban J connectivity index is 0. The van der Waals surface area contributed by atoms with Crippen molar-refractivity contribution >= 4 is 0 Å². The molecule has 0 aromatic heterocycles. The van der Waals surface area contributed by atoms with Crippen LogP contribution in [0.2, 0.25) is 0 Å². The third kappa shape index (κ3) is 11.5. The van der Waals surface area contributed by atoms with Crippen molar-refractivity contribution in [2.24, 2.45) is 0 Å². The summed E-state index contributed by atoms with van der Waals surface area (Å²) in [7, 11) is 0. The van der Waals surface area contributed by atoms with Gasteiger partial charge < -0.3 is 0 Å². The van der Waals surface area contributed by atoms with Crippen LogP contribution in [0.5, 0.6) is 0 Å². The van der Waals surface area contributed by atoms with Crippen molar-refractivity contribution in [3.05, 3.63) is 23.8 Å². The highest BCUT2D eigenvalue weighted by Gasteiger charge is 1.89. The van der Waals surface area contributed by atoms with Gasteiger partial charge in [0, 0.05) is 0 Å². The molecule has 0 radical (unpaired) electrons. The Labute approximate surface area is 84.7 Å². The van der Waals surface area contributed by atoms with Crippen molar-refractivity contribution in [1.29, 1.82) is 0 Å². The molecule has 0 heteroatoms. The maximum absolute atomic E-state index is 3.68. The molecule has 0 aliphatic heterocycles. The van der Waals surface area contributed by atoms with Crippen LogP contribution in [0.15, 0.2) is 23.8 Å². The second-order valence-corrected chi connectivity index (χ2v) is 3.41. The van der Waals surface area contributed by atoms with Crippen LogP contribution < -0.4 is 0 Å². The zero-order valence-corrected chi connectivity index (χ0v) is 10.1. The van der Waals surface area contributed by atoms with Gasteiger partial charge in [-0.15, -0.1) is 6.58 Å². The second kappa shape index (κ2) is 11.5. The first-order chi connectivity index (χ1) is 6.13. The molecular formula is C13H26. The minimum atomic E-state index is 1.04. The van der Waals surface area contributed by atoms with Crippen LogP contribution in [-0.2, 0) is 0 Å². The highest BCUT2D eigenvalue weighted by Crippen LogP contribution is 2.10. The molecule has 0 saturated heterocycles. The van der Waals surface area contributed by atoms with E-state index < -0.39 is 0 Å². The van der Waals surface area contributed by atoms with E-state index in [4.69, 9.17) is 0 Å². The lowest BCUT2D eigenvalue weighted by Gasteiger charge is -2.00. The minimum absolute atomic E-state index is 1.04. The van der Waals surface area contributed by atoms with Gasteiger partial charge >= 0.3 is 0 Å². The van der Waals surface area contributed by atoms with Gasteiger partial charge in [-0.25, -0.2) is 0 Å². The van der Waals surface area contributed by atoms with Gasteiger partial charge in [0.05, 0.1) is 0 Å². The van der Waals surface area contributed by atoms with E-state index in [-0.39, 0.29) is 0 Å². The fraction of sp³-hybridized carbons (Fsp3) is 0.692. The summed E-state index contributed by atoms with van der Waals surface area (Å²) in [4.78, 5) is 0. The Bertz CT molecular complexity index is 138. The van der Waals surface area contributed by atoms with Gasteiger partial charge in [0.2, 0.25) is 0 Å². The lowest BCUT2D eigenvalue weighted by Crippen LogP contribution is -1.79. The summed E-state index contributed by atoms with van der Waals surface area (Å²) in [5, 5.41) is 0. The van der Waals surface area contributed by atoms with Crippen molar-refractivity contribution in [3.63, 3.8) is 0 Å². The molecule has 0 amide bonds. The third-order valence-corrected chi connectivity index (χ3v) is 2.21. The van der Waals surface area contributed by atoms with Crippen molar-refractivity contribution in [2.75, 3.05) is 0 Å². The second-order valence-electron chi connectivity index (χ2n) is 3.41. The molecule has 0 N–H and O–H groups in total. The van der Waals surface area contributed by atoms with Crippen LogP contribution in [0.1, 0.15) is 60.3 Å². The first-order valence-corrected chi connectivity index (χ1v) is 5.39. The predicted octanol–water partition coefficient (Wildman–Crippen LogP) is 5.12. The summed E-state index contributed by atoms with van der Waals surface area (Å²) in [6.45, 7) is 14.6. The third-order valence-electron chi connectivity index (χ3n) is 2.21. The molecule has 0 atom stereocenters. The molecule has 78 valence electrons. The Morgan fingerprint density at radius 1 is 1.00 bits per heavy atom. The van der Waals surface area contributed by atoms with Gasteiger partial charge in [0.15, 0.2) is 0 Å². The van der Waals surface area contributed by atoms with Gasteiger partial charge in [-0.3, -0.25) is 0 Å². The molecule has 0 aromatic rings. The van der Waals surface area contributed by atoms with Crippen LogP contribution in [0, 0.1) is 0 Å². The molecule has 0 fully saturated rings. The lowest BCUT2D eigenvalue weighted by atomic mass is 10.1. The maximum atomic E-state index is 3.68. The average molecular weight is 182 g/mol. The molecule has 0 bridgehead atoms. The topological polar surface area (TPSA) is 0 Å². The molecule has 0 unspecified atom stereocenters. The van der Waals surface area contributed by atoms with E-state index in [9.17, 15) is 0 Å². The Kier molecular flexibility index (Phi) is 13.2. The van der Waals surface area contributed by atoms with Crippen LogP contribution in [0.4, 0.5) is 0 Å². The molecule has 0 aliphatic rings. The maximum Gasteiger partial charge on any atom is -0.0142 e. The Morgan fingerprint density at radius 2 is 1.46 bits per heavy atom. The van der Waals surface area contributed by atoms with E-state index >= 15 is 0 Å². The smallest absolute Gasteiger partial charge is 0.0142 e. The van der Waals surface area contributed by atoms with Crippen LogP contribution in [0.3, 0.4) is 0 Å². The molecule has 0 spiro atoms. The van der Waals surface area contributed by atoms with Gasteiger partial charge in [-0.2, -0.15) is 0 Å². The molecule has 0 heterocycles. The normalized spacial score (nSPS) is 11.2. The fourth-order valence-corrected chi connectivity index (χ4v) is 0.693. The molecule has 0 saturated carbocycles. The van der Waals surface area contributed by atoms with Crippen molar-refractivity contribution in [3.8, 4) is 0 Å². The summed E-state index contributed by atoms with van der Waals surface area (Å²) in [5.41, 5.74) is 2.96. The van der Waals surface area contributed by atoms with E-state index in [1.807, 2.05) is 6.08 Å². The minimum Gasteiger partial charge on any atom is -0.103 e. The average Bonchev–Trinajstić information content (AvgIpc) is 2.17. The zero-order valence-electron chi connectivity index (χ0n) is 10.1. The van der Waals surface area contributed by atoms with Gasteiger partial charge in [-0.05, 0) is 26.7 Å². The lowest BCUT2D eigenvalue weighted by molar-refractivity contribution is 0.886. The summed E-state index contributed by atoms with van der Waals surface area (Å²) in [6, 6.07) is 0. The summed E-state index contributed by atoms with van der Waals surface area (Å²) in [6.07, 6.45) is 6.80. The number of unbranched alkanes of at least 4 members (excludes halogenated alkanes) is 1. The van der Waals surface area contributed by atoms with Crippen LogP contribution in [-0.4, -0.2) is 0 Å². The summed E-state index contributed by atoms with van der Waals surface area (Å²) in [5.74, 6) is 0. The summed E-state index contributed by atoms with van der Waals surface area (Å²) < 4.78 is 0. The van der Waals surface area contributed by atoms with E-state index in [1.165, 1.54) is 30.4 Å². The van der Waals surface area contributed by atoms with Gasteiger partial charge in [0.25, 0.3) is 0 Å². The number of hydrogen-bond acceptors (Lipinski definition) is 0. The molecule has 0 aromatic carbocycles. The summed E-state index contributed by atoms with van der Waals surface area (Å²) >= 11 is 0. The highest BCUT2D eigenvalue weighted by molar-refractivity contribution is 5.11. The highest BCUT2D eigenvalue weighted by atomic mass is 14.0. The molecular weight excluding hydrogens is 156 g/mol. The van der Waals surface area contributed by atoms with Crippen molar-refractivity contribution < 1.29 is 0 Å². The zero-order chi connectivity index (χ0) is 10.7. The monoisotopic (exact) mass is 182 g/mol.